The molecule has 0 aromatic heterocycles. The molecular weight excluding hydrogens is 184 g/mol. The Morgan fingerprint density at radius 3 is 2.71 bits per heavy atom. The van der Waals surface area contributed by atoms with Crippen molar-refractivity contribution >= 4 is 6.03 Å². The van der Waals surface area contributed by atoms with Gasteiger partial charge in [0.05, 0.1) is 13.2 Å². The van der Waals surface area contributed by atoms with E-state index in [9.17, 15) is 4.79 Å². The number of hydrogen-bond acceptors (Lipinski definition) is 3. The first-order valence-corrected chi connectivity index (χ1v) is 4.81. The first kappa shape index (κ1) is 13.2. The quantitative estimate of drug-likeness (QED) is 0.474. The first-order valence-electron chi connectivity index (χ1n) is 4.81. The van der Waals surface area contributed by atoms with Gasteiger partial charge in [0.25, 0.3) is 0 Å². The lowest BCUT2D eigenvalue weighted by Gasteiger charge is -2.12. The minimum Gasteiger partial charge on any atom is -0.382 e. The zero-order chi connectivity index (χ0) is 10.8. The Morgan fingerprint density at radius 1 is 1.43 bits per heavy atom. The van der Waals surface area contributed by atoms with E-state index in [0.717, 1.165) is 6.42 Å². The summed E-state index contributed by atoms with van der Waals surface area (Å²) in [4.78, 5) is 11.1. The number of amides is 2. The Labute approximate surface area is 85.1 Å². The maximum Gasteiger partial charge on any atom is 0.316 e. The number of urea groups is 1. The van der Waals surface area contributed by atoms with Gasteiger partial charge in [0.15, 0.2) is 0 Å². The van der Waals surface area contributed by atoms with Crippen LogP contribution in [0.25, 0.3) is 0 Å². The van der Waals surface area contributed by atoms with Gasteiger partial charge in [0.2, 0.25) is 0 Å². The Kier molecular flexibility index (Phi) is 8.27. The predicted octanol–water partition coefficient (Wildman–Crippen LogP) is 0.705. The highest BCUT2D eigenvalue weighted by molar-refractivity contribution is 5.73. The van der Waals surface area contributed by atoms with Crippen molar-refractivity contribution in [1.82, 2.24) is 10.6 Å². The third kappa shape index (κ3) is 7.82. The number of methoxy groups -OCH3 is 1. The van der Waals surface area contributed by atoms with Crippen LogP contribution in [0.1, 0.15) is 20.3 Å². The molecule has 0 aromatic carbocycles. The summed E-state index contributed by atoms with van der Waals surface area (Å²) in [5.74, 6) is 0. The molecule has 0 bridgehead atoms. The number of rotatable bonds is 7. The molecule has 0 fully saturated rings. The minimum absolute atomic E-state index is 0.189. The van der Waals surface area contributed by atoms with Crippen LogP contribution >= 0.6 is 0 Å². The fourth-order valence-corrected chi connectivity index (χ4v) is 0.708. The topological polar surface area (TPSA) is 59.6 Å². The zero-order valence-electron chi connectivity index (χ0n) is 9.13. The Morgan fingerprint density at radius 2 is 2.14 bits per heavy atom. The molecule has 2 amide bonds. The van der Waals surface area contributed by atoms with E-state index in [4.69, 9.17) is 9.47 Å². The van der Waals surface area contributed by atoms with E-state index in [2.05, 4.69) is 10.6 Å². The molecule has 0 saturated carbocycles. The molecule has 0 radical (unpaired) electrons. The van der Waals surface area contributed by atoms with E-state index in [0.29, 0.717) is 13.2 Å². The van der Waals surface area contributed by atoms with E-state index in [1.54, 1.807) is 7.11 Å². The summed E-state index contributed by atoms with van der Waals surface area (Å²) >= 11 is 0. The Bertz CT molecular complexity index is 153. The lowest BCUT2D eigenvalue weighted by atomic mass is 10.3. The fourth-order valence-electron chi connectivity index (χ4n) is 0.708. The maximum absolute atomic E-state index is 11.1. The normalized spacial score (nSPS) is 12.2. The molecule has 1 atom stereocenters. The van der Waals surface area contributed by atoms with Crippen molar-refractivity contribution in [2.24, 2.45) is 0 Å². The zero-order valence-corrected chi connectivity index (χ0v) is 9.13. The molecule has 84 valence electrons. The molecule has 0 saturated heterocycles. The summed E-state index contributed by atoms with van der Waals surface area (Å²) in [7, 11) is 1.60. The second-order valence-corrected chi connectivity index (χ2v) is 3.00. The highest BCUT2D eigenvalue weighted by atomic mass is 16.5. The van der Waals surface area contributed by atoms with Gasteiger partial charge in [0.1, 0.15) is 6.73 Å². The second kappa shape index (κ2) is 8.77. The first-order chi connectivity index (χ1) is 6.70. The molecule has 2 N–H and O–H groups in total. The standard InChI is InChI=1S/C9H20N2O3/c1-4-8(2)11-9(12)10-7-14-6-5-13-3/h8H,4-7H2,1-3H3,(H2,10,11,12). The SMILES string of the molecule is CCC(C)NC(=O)NCOCCOC. The van der Waals surface area contributed by atoms with Gasteiger partial charge in [-0.3, -0.25) is 0 Å². The summed E-state index contributed by atoms with van der Waals surface area (Å²) in [6.07, 6.45) is 0.915. The van der Waals surface area contributed by atoms with Gasteiger partial charge in [-0.25, -0.2) is 4.79 Å². The van der Waals surface area contributed by atoms with Crippen molar-refractivity contribution < 1.29 is 14.3 Å². The van der Waals surface area contributed by atoms with Crippen LogP contribution in [-0.4, -0.2) is 39.1 Å². The Hall–Kier alpha value is -0.810. The van der Waals surface area contributed by atoms with Crippen molar-refractivity contribution in [1.29, 1.82) is 0 Å². The Balaban J connectivity index is 3.27. The summed E-state index contributed by atoms with van der Waals surface area (Å²) in [5, 5.41) is 5.34. The van der Waals surface area contributed by atoms with Gasteiger partial charge in [-0.05, 0) is 13.3 Å². The van der Waals surface area contributed by atoms with Gasteiger partial charge >= 0.3 is 6.03 Å². The van der Waals surface area contributed by atoms with Gasteiger partial charge in [-0.2, -0.15) is 0 Å². The molecule has 14 heavy (non-hydrogen) atoms. The second-order valence-electron chi connectivity index (χ2n) is 3.00. The van der Waals surface area contributed by atoms with Crippen LogP contribution in [0.2, 0.25) is 0 Å². The highest BCUT2D eigenvalue weighted by Crippen LogP contribution is 1.86. The summed E-state index contributed by atoms with van der Waals surface area (Å²) in [5.41, 5.74) is 0. The number of hydrogen-bond donors (Lipinski definition) is 2. The van der Waals surface area contributed by atoms with Crippen LogP contribution in [-0.2, 0) is 9.47 Å². The van der Waals surface area contributed by atoms with Crippen molar-refractivity contribution in [3.8, 4) is 0 Å². The van der Waals surface area contributed by atoms with E-state index < -0.39 is 0 Å². The third-order valence-electron chi connectivity index (χ3n) is 1.76. The van der Waals surface area contributed by atoms with Gasteiger partial charge in [-0.1, -0.05) is 6.92 Å². The monoisotopic (exact) mass is 204 g/mol. The van der Waals surface area contributed by atoms with Crippen LogP contribution in [0, 0.1) is 0 Å². The molecule has 0 rings (SSSR count). The molecule has 0 spiro atoms. The van der Waals surface area contributed by atoms with Crippen molar-refractivity contribution in [2.45, 2.75) is 26.3 Å². The molecule has 0 aliphatic carbocycles. The van der Waals surface area contributed by atoms with Gasteiger partial charge in [-0.15, -0.1) is 0 Å². The molecule has 0 heterocycles. The van der Waals surface area contributed by atoms with Crippen LogP contribution in [0.5, 0.6) is 0 Å². The molecule has 0 aromatic rings. The average molecular weight is 204 g/mol. The average Bonchev–Trinajstić information content (AvgIpc) is 2.17. The van der Waals surface area contributed by atoms with E-state index in [1.165, 1.54) is 0 Å². The third-order valence-corrected chi connectivity index (χ3v) is 1.76. The number of carbonyl (C=O) groups excluding carboxylic acids is 1. The summed E-state index contributed by atoms with van der Waals surface area (Å²) in [6.45, 7) is 5.20. The fraction of sp³-hybridized carbons (Fsp3) is 0.889. The molecular formula is C9H20N2O3. The van der Waals surface area contributed by atoms with Crippen LogP contribution in [0.3, 0.4) is 0 Å². The van der Waals surface area contributed by atoms with Crippen LogP contribution in [0.4, 0.5) is 4.79 Å². The molecule has 5 heteroatoms. The van der Waals surface area contributed by atoms with Crippen molar-refractivity contribution in [3.63, 3.8) is 0 Å². The molecule has 0 aliphatic heterocycles. The van der Waals surface area contributed by atoms with Crippen LogP contribution < -0.4 is 10.6 Å². The van der Waals surface area contributed by atoms with Gasteiger partial charge in [0, 0.05) is 13.2 Å². The smallest absolute Gasteiger partial charge is 0.316 e. The van der Waals surface area contributed by atoms with E-state index in [-0.39, 0.29) is 18.8 Å². The van der Waals surface area contributed by atoms with E-state index >= 15 is 0 Å². The summed E-state index contributed by atoms with van der Waals surface area (Å²) in [6, 6.07) is -0.00857. The number of ether oxygens (including phenoxy) is 2. The number of nitrogens with one attached hydrogen (secondary N) is 2. The van der Waals surface area contributed by atoms with Crippen molar-refractivity contribution in [3.05, 3.63) is 0 Å². The highest BCUT2D eigenvalue weighted by Gasteiger charge is 2.02. The predicted molar refractivity (Wildman–Crippen MR) is 54.1 cm³/mol. The van der Waals surface area contributed by atoms with Crippen LogP contribution in [0.15, 0.2) is 0 Å². The van der Waals surface area contributed by atoms with E-state index in [1.807, 2.05) is 13.8 Å². The number of carbonyl (C=O) groups is 1. The minimum atomic E-state index is -0.197. The lowest BCUT2D eigenvalue weighted by Crippen LogP contribution is -2.41. The maximum atomic E-state index is 11.1. The molecule has 0 aliphatic rings. The summed E-state index contributed by atoms with van der Waals surface area (Å²) < 4.78 is 9.84. The largest absolute Gasteiger partial charge is 0.382 e. The lowest BCUT2D eigenvalue weighted by molar-refractivity contribution is 0.0641. The molecule has 5 nitrogen and oxygen atoms in total. The van der Waals surface area contributed by atoms with Crippen molar-refractivity contribution in [2.75, 3.05) is 27.1 Å². The van der Waals surface area contributed by atoms with Gasteiger partial charge < -0.3 is 20.1 Å². The molecule has 1 unspecified atom stereocenters.